The first-order valence-corrected chi connectivity index (χ1v) is 7.35. The standard InChI is InChI=1S/C17H19N3O4/c1-11-8-9-14(20(22)23)17(12(11)2)19-16(21)10-18-13-6-4-5-7-15(13)24-3/h4-9,18H,10H2,1-3H3,(H,19,21). The van der Waals surface area contributed by atoms with Crippen LogP contribution in [0.4, 0.5) is 17.1 Å². The largest absolute Gasteiger partial charge is 0.495 e. The van der Waals surface area contributed by atoms with Crippen molar-refractivity contribution in [1.29, 1.82) is 0 Å². The summed E-state index contributed by atoms with van der Waals surface area (Å²) < 4.78 is 5.20. The van der Waals surface area contributed by atoms with E-state index >= 15 is 0 Å². The lowest BCUT2D eigenvalue weighted by molar-refractivity contribution is -0.384. The maximum Gasteiger partial charge on any atom is 0.293 e. The van der Waals surface area contributed by atoms with Crippen molar-refractivity contribution in [3.8, 4) is 5.75 Å². The number of methoxy groups -OCH3 is 1. The van der Waals surface area contributed by atoms with Gasteiger partial charge in [-0.1, -0.05) is 18.2 Å². The summed E-state index contributed by atoms with van der Waals surface area (Å²) in [7, 11) is 1.54. The Labute approximate surface area is 139 Å². The number of anilines is 2. The monoisotopic (exact) mass is 329 g/mol. The molecule has 0 aliphatic carbocycles. The number of benzene rings is 2. The van der Waals surface area contributed by atoms with Gasteiger partial charge in [-0.15, -0.1) is 0 Å². The molecule has 0 saturated carbocycles. The molecule has 0 aliphatic rings. The quantitative estimate of drug-likeness (QED) is 0.626. The number of hydrogen-bond acceptors (Lipinski definition) is 5. The van der Waals surface area contributed by atoms with Gasteiger partial charge < -0.3 is 15.4 Å². The molecule has 0 bridgehead atoms. The summed E-state index contributed by atoms with van der Waals surface area (Å²) in [4.78, 5) is 22.8. The van der Waals surface area contributed by atoms with Gasteiger partial charge in [0.2, 0.25) is 5.91 Å². The zero-order chi connectivity index (χ0) is 17.7. The summed E-state index contributed by atoms with van der Waals surface area (Å²) in [5, 5.41) is 16.7. The number of amides is 1. The molecule has 0 atom stereocenters. The van der Waals surface area contributed by atoms with Crippen molar-refractivity contribution >= 4 is 23.0 Å². The third-order valence-electron chi connectivity index (χ3n) is 3.72. The molecule has 2 rings (SSSR count). The molecule has 0 saturated heterocycles. The molecule has 0 unspecified atom stereocenters. The third-order valence-corrected chi connectivity index (χ3v) is 3.72. The van der Waals surface area contributed by atoms with E-state index in [0.29, 0.717) is 17.0 Å². The predicted molar refractivity (Wildman–Crippen MR) is 92.7 cm³/mol. The Morgan fingerprint density at radius 1 is 1.21 bits per heavy atom. The van der Waals surface area contributed by atoms with E-state index in [2.05, 4.69) is 10.6 Å². The molecule has 0 aromatic heterocycles. The number of nitrogens with one attached hydrogen (secondary N) is 2. The Morgan fingerprint density at radius 2 is 1.92 bits per heavy atom. The average Bonchev–Trinajstić information content (AvgIpc) is 2.57. The summed E-state index contributed by atoms with van der Waals surface area (Å²) in [5.41, 5.74) is 2.32. The van der Waals surface area contributed by atoms with Crippen molar-refractivity contribution in [3.63, 3.8) is 0 Å². The second-order valence-corrected chi connectivity index (χ2v) is 5.26. The molecule has 0 heterocycles. The summed E-state index contributed by atoms with van der Waals surface area (Å²) in [5.74, 6) is 0.237. The molecule has 1 amide bonds. The third kappa shape index (κ3) is 3.81. The fraction of sp³-hybridized carbons (Fsp3) is 0.235. The van der Waals surface area contributed by atoms with Crippen LogP contribution in [0.5, 0.6) is 5.75 Å². The van der Waals surface area contributed by atoms with Crippen molar-refractivity contribution in [2.75, 3.05) is 24.3 Å². The van der Waals surface area contributed by atoms with E-state index in [4.69, 9.17) is 4.74 Å². The molecular formula is C17H19N3O4. The zero-order valence-electron chi connectivity index (χ0n) is 13.8. The van der Waals surface area contributed by atoms with E-state index in [0.717, 1.165) is 5.56 Å². The van der Waals surface area contributed by atoms with Gasteiger partial charge in [-0.3, -0.25) is 14.9 Å². The van der Waals surface area contributed by atoms with Crippen LogP contribution in [0.3, 0.4) is 0 Å². The normalized spacial score (nSPS) is 10.1. The molecule has 7 nitrogen and oxygen atoms in total. The van der Waals surface area contributed by atoms with Gasteiger partial charge in [0, 0.05) is 6.07 Å². The van der Waals surface area contributed by atoms with E-state index in [9.17, 15) is 14.9 Å². The van der Waals surface area contributed by atoms with Crippen molar-refractivity contribution in [2.24, 2.45) is 0 Å². The van der Waals surface area contributed by atoms with E-state index in [-0.39, 0.29) is 23.8 Å². The minimum absolute atomic E-state index is 0.0368. The Morgan fingerprint density at radius 3 is 2.58 bits per heavy atom. The minimum atomic E-state index is -0.504. The molecule has 2 N–H and O–H groups in total. The number of hydrogen-bond donors (Lipinski definition) is 2. The first-order valence-electron chi connectivity index (χ1n) is 7.35. The molecule has 0 spiro atoms. The number of rotatable bonds is 6. The summed E-state index contributed by atoms with van der Waals surface area (Å²) in [6, 6.07) is 10.3. The van der Waals surface area contributed by atoms with E-state index < -0.39 is 4.92 Å². The Balaban J connectivity index is 2.13. The van der Waals surface area contributed by atoms with Gasteiger partial charge in [-0.05, 0) is 37.1 Å². The fourth-order valence-electron chi connectivity index (χ4n) is 2.26. The van der Waals surface area contributed by atoms with Crippen LogP contribution >= 0.6 is 0 Å². The molecule has 24 heavy (non-hydrogen) atoms. The second kappa shape index (κ2) is 7.45. The first-order chi connectivity index (χ1) is 11.4. The molecule has 0 fully saturated rings. The van der Waals surface area contributed by atoms with Crippen molar-refractivity contribution in [3.05, 3.63) is 57.6 Å². The first kappa shape index (κ1) is 17.3. The maximum absolute atomic E-state index is 12.2. The van der Waals surface area contributed by atoms with E-state index in [1.807, 2.05) is 19.1 Å². The van der Waals surface area contributed by atoms with Gasteiger partial charge in [0.05, 0.1) is 24.3 Å². The number of nitrogens with zero attached hydrogens (tertiary/aromatic N) is 1. The SMILES string of the molecule is COc1ccccc1NCC(=O)Nc1c([N+](=O)[O-])ccc(C)c1C. The topological polar surface area (TPSA) is 93.5 Å². The Kier molecular flexibility index (Phi) is 5.36. The fourth-order valence-corrected chi connectivity index (χ4v) is 2.26. The second-order valence-electron chi connectivity index (χ2n) is 5.26. The highest BCUT2D eigenvalue weighted by atomic mass is 16.6. The van der Waals surface area contributed by atoms with E-state index in [1.54, 1.807) is 32.2 Å². The van der Waals surface area contributed by atoms with Crippen molar-refractivity contribution in [1.82, 2.24) is 0 Å². The summed E-state index contributed by atoms with van der Waals surface area (Å²) in [6.45, 7) is 3.54. The summed E-state index contributed by atoms with van der Waals surface area (Å²) >= 11 is 0. The van der Waals surface area contributed by atoms with Crippen LogP contribution in [-0.4, -0.2) is 24.5 Å². The molecular weight excluding hydrogens is 310 g/mol. The van der Waals surface area contributed by atoms with Crippen LogP contribution < -0.4 is 15.4 Å². The predicted octanol–water partition coefficient (Wildman–Crippen LogP) is 3.27. The highest BCUT2D eigenvalue weighted by molar-refractivity contribution is 5.97. The Bertz CT molecular complexity index is 774. The lowest BCUT2D eigenvalue weighted by Gasteiger charge is -2.13. The number of carbonyl (C=O) groups excluding carboxylic acids is 1. The number of nitro groups is 1. The van der Waals surface area contributed by atoms with Crippen molar-refractivity contribution < 1.29 is 14.5 Å². The highest BCUT2D eigenvalue weighted by Crippen LogP contribution is 2.30. The molecule has 2 aromatic rings. The summed E-state index contributed by atoms with van der Waals surface area (Å²) in [6.07, 6.45) is 0. The van der Waals surface area contributed by atoms with Gasteiger partial charge in [-0.2, -0.15) is 0 Å². The van der Waals surface area contributed by atoms with Crippen LogP contribution in [0, 0.1) is 24.0 Å². The van der Waals surface area contributed by atoms with Crippen molar-refractivity contribution in [2.45, 2.75) is 13.8 Å². The van der Waals surface area contributed by atoms with Crippen LogP contribution in [0.25, 0.3) is 0 Å². The molecule has 7 heteroatoms. The lowest BCUT2D eigenvalue weighted by atomic mass is 10.1. The number of carbonyl (C=O) groups is 1. The van der Waals surface area contributed by atoms with E-state index in [1.165, 1.54) is 6.07 Å². The molecule has 126 valence electrons. The van der Waals surface area contributed by atoms with Gasteiger partial charge in [-0.25, -0.2) is 0 Å². The number of ether oxygens (including phenoxy) is 1. The lowest BCUT2D eigenvalue weighted by Crippen LogP contribution is -2.23. The molecule has 2 aromatic carbocycles. The van der Waals surface area contributed by atoms with Crippen LogP contribution in [0.2, 0.25) is 0 Å². The van der Waals surface area contributed by atoms with Crippen LogP contribution in [0.1, 0.15) is 11.1 Å². The average molecular weight is 329 g/mol. The van der Waals surface area contributed by atoms with Gasteiger partial charge in [0.1, 0.15) is 11.4 Å². The Hall–Kier alpha value is -3.09. The number of aryl methyl sites for hydroxylation is 1. The van der Waals surface area contributed by atoms with Gasteiger partial charge in [0.25, 0.3) is 5.69 Å². The maximum atomic E-state index is 12.2. The smallest absolute Gasteiger partial charge is 0.293 e. The van der Waals surface area contributed by atoms with Crippen LogP contribution in [0.15, 0.2) is 36.4 Å². The number of para-hydroxylation sites is 2. The van der Waals surface area contributed by atoms with Crippen LogP contribution in [-0.2, 0) is 4.79 Å². The molecule has 0 aliphatic heterocycles. The highest BCUT2D eigenvalue weighted by Gasteiger charge is 2.19. The molecule has 0 radical (unpaired) electrons. The zero-order valence-corrected chi connectivity index (χ0v) is 13.8. The minimum Gasteiger partial charge on any atom is -0.495 e. The van der Waals surface area contributed by atoms with Gasteiger partial charge in [0.15, 0.2) is 0 Å². The number of nitro benzene ring substituents is 1. The van der Waals surface area contributed by atoms with Gasteiger partial charge >= 0.3 is 0 Å².